The van der Waals surface area contributed by atoms with Gasteiger partial charge in [-0.1, -0.05) is 57.7 Å². The summed E-state index contributed by atoms with van der Waals surface area (Å²) >= 11 is 1.39. The van der Waals surface area contributed by atoms with Crippen molar-refractivity contribution in [2.24, 2.45) is 5.41 Å². The molecule has 16 heavy (non-hydrogen) atoms. The third kappa shape index (κ3) is 3.11. The molecular formula is C14H20OS. The molecule has 0 saturated heterocycles. The van der Waals surface area contributed by atoms with Gasteiger partial charge in [0.2, 0.25) is 0 Å². The molecule has 1 aromatic carbocycles. The fourth-order valence-corrected chi connectivity index (χ4v) is 2.39. The van der Waals surface area contributed by atoms with E-state index in [4.69, 9.17) is 0 Å². The first-order valence-electron chi connectivity index (χ1n) is 5.81. The van der Waals surface area contributed by atoms with Crippen molar-refractivity contribution in [1.82, 2.24) is 0 Å². The molecule has 0 heterocycles. The highest BCUT2D eigenvalue weighted by Crippen LogP contribution is 2.33. The summed E-state index contributed by atoms with van der Waals surface area (Å²) in [7, 11) is 0. The van der Waals surface area contributed by atoms with Crippen LogP contribution in [0.4, 0.5) is 0 Å². The Balaban J connectivity index is 2.85. The molecule has 0 aromatic heterocycles. The van der Waals surface area contributed by atoms with Gasteiger partial charge < -0.3 is 0 Å². The van der Waals surface area contributed by atoms with E-state index >= 15 is 0 Å². The number of thioether (sulfide) groups is 1. The largest absolute Gasteiger partial charge is 0.286 e. The summed E-state index contributed by atoms with van der Waals surface area (Å²) in [6.45, 7) is 8.20. The van der Waals surface area contributed by atoms with E-state index < -0.39 is 0 Å². The van der Waals surface area contributed by atoms with Gasteiger partial charge in [0.15, 0.2) is 5.12 Å². The number of rotatable bonds is 4. The molecule has 1 rings (SSSR count). The third-order valence-electron chi connectivity index (χ3n) is 2.99. The molecule has 0 spiro atoms. The molecule has 2 heteroatoms. The van der Waals surface area contributed by atoms with E-state index in [1.54, 1.807) is 0 Å². The van der Waals surface area contributed by atoms with Gasteiger partial charge in [0, 0.05) is 10.3 Å². The van der Waals surface area contributed by atoms with Gasteiger partial charge in [0.1, 0.15) is 0 Å². The van der Waals surface area contributed by atoms with Crippen LogP contribution in [0.1, 0.15) is 39.7 Å². The van der Waals surface area contributed by atoms with Gasteiger partial charge in [0.25, 0.3) is 0 Å². The van der Waals surface area contributed by atoms with Crippen LogP contribution < -0.4 is 0 Å². The molecular weight excluding hydrogens is 216 g/mol. The van der Waals surface area contributed by atoms with Crippen LogP contribution in [-0.2, 0) is 11.2 Å². The van der Waals surface area contributed by atoms with Gasteiger partial charge in [0.05, 0.1) is 0 Å². The molecule has 0 bridgehead atoms. The zero-order valence-electron chi connectivity index (χ0n) is 10.5. The van der Waals surface area contributed by atoms with Gasteiger partial charge >= 0.3 is 0 Å². The second-order valence-corrected chi connectivity index (χ2v) is 5.60. The van der Waals surface area contributed by atoms with Crippen molar-refractivity contribution in [2.75, 3.05) is 0 Å². The van der Waals surface area contributed by atoms with Crippen LogP contribution in [-0.4, -0.2) is 5.12 Å². The quantitative estimate of drug-likeness (QED) is 0.725. The number of hydrogen-bond acceptors (Lipinski definition) is 2. The fraction of sp³-hybridized carbons (Fsp3) is 0.500. The Morgan fingerprint density at radius 1 is 1.25 bits per heavy atom. The van der Waals surface area contributed by atoms with E-state index in [-0.39, 0.29) is 10.5 Å². The van der Waals surface area contributed by atoms with Crippen LogP contribution in [0.5, 0.6) is 0 Å². The second kappa shape index (κ2) is 5.53. The summed E-state index contributed by atoms with van der Waals surface area (Å²) in [6.07, 6.45) is 1.86. The van der Waals surface area contributed by atoms with E-state index in [9.17, 15) is 4.79 Å². The predicted molar refractivity (Wildman–Crippen MR) is 70.8 cm³/mol. The van der Waals surface area contributed by atoms with Crippen LogP contribution in [0.3, 0.4) is 0 Å². The molecule has 0 amide bonds. The Labute approximate surface area is 103 Å². The lowest BCUT2D eigenvalue weighted by Gasteiger charge is -2.20. The van der Waals surface area contributed by atoms with Crippen molar-refractivity contribution in [3.05, 3.63) is 29.8 Å². The lowest BCUT2D eigenvalue weighted by molar-refractivity contribution is -0.118. The minimum absolute atomic E-state index is 0.231. The Morgan fingerprint density at radius 3 is 2.44 bits per heavy atom. The summed E-state index contributed by atoms with van der Waals surface area (Å²) < 4.78 is 0. The van der Waals surface area contributed by atoms with Crippen LogP contribution >= 0.6 is 11.8 Å². The Morgan fingerprint density at radius 2 is 1.88 bits per heavy atom. The Kier molecular flexibility index (Phi) is 4.60. The molecule has 0 N–H and O–H groups in total. The van der Waals surface area contributed by atoms with Gasteiger partial charge in [-0.2, -0.15) is 0 Å². The van der Waals surface area contributed by atoms with Crippen LogP contribution in [0.25, 0.3) is 0 Å². The predicted octanol–water partition coefficient (Wildman–Crippen LogP) is 4.30. The summed E-state index contributed by atoms with van der Waals surface area (Å²) in [5, 5.41) is 0.260. The maximum atomic E-state index is 12.1. The van der Waals surface area contributed by atoms with Crippen molar-refractivity contribution in [3.63, 3.8) is 0 Å². The Bertz CT molecular complexity index is 369. The first-order chi connectivity index (χ1) is 7.51. The molecule has 0 aliphatic heterocycles. The molecule has 1 aromatic rings. The van der Waals surface area contributed by atoms with Crippen molar-refractivity contribution >= 4 is 16.9 Å². The maximum absolute atomic E-state index is 12.1. The van der Waals surface area contributed by atoms with Gasteiger partial charge in [-0.3, -0.25) is 4.79 Å². The first-order valence-corrected chi connectivity index (χ1v) is 6.63. The van der Waals surface area contributed by atoms with E-state index in [1.807, 2.05) is 32.0 Å². The summed E-state index contributed by atoms with van der Waals surface area (Å²) in [6, 6.07) is 8.15. The van der Waals surface area contributed by atoms with E-state index in [0.29, 0.717) is 0 Å². The van der Waals surface area contributed by atoms with Crippen LogP contribution in [0, 0.1) is 5.41 Å². The van der Waals surface area contributed by atoms with Gasteiger partial charge in [-0.25, -0.2) is 0 Å². The minimum atomic E-state index is -0.231. The van der Waals surface area contributed by atoms with Crippen molar-refractivity contribution in [3.8, 4) is 0 Å². The monoisotopic (exact) mass is 236 g/mol. The molecule has 88 valence electrons. The Hall–Kier alpha value is -0.760. The number of carbonyl (C=O) groups is 1. The lowest BCUT2D eigenvalue weighted by atomic mass is 9.92. The maximum Gasteiger partial charge on any atom is 0.199 e. The SMILES string of the molecule is CCc1ccccc1SC(=O)C(C)(C)CC. The highest BCUT2D eigenvalue weighted by Gasteiger charge is 2.26. The number of hydrogen-bond donors (Lipinski definition) is 0. The van der Waals surface area contributed by atoms with Crippen molar-refractivity contribution in [2.45, 2.75) is 45.4 Å². The molecule has 1 nitrogen and oxygen atoms in total. The van der Waals surface area contributed by atoms with Gasteiger partial charge in [-0.05, 0) is 24.5 Å². The smallest absolute Gasteiger partial charge is 0.199 e. The molecule has 0 radical (unpaired) electrons. The zero-order chi connectivity index (χ0) is 12.2. The molecule has 0 aliphatic rings. The molecule has 0 aliphatic carbocycles. The van der Waals surface area contributed by atoms with Gasteiger partial charge in [-0.15, -0.1) is 0 Å². The molecule has 0 fully saturated rings. The fourth-order valence-electron chi connectivity index (χ4n) is 1.28. The average molecular weight is 236 g/mol. The van der Waals surface area contributed by atoms with E-state index in [1.165, 1.54) is 17.3 Å². The highest BCUT2D eigenvalue weighted by molar-refractivity contribution is 8.13. The van der Waals surface area contributed by atoms with E-state index in [0.717, 1.165) is 17.7 Å². The van der Waals surface area contributed by atoms with Crippen molar-refractivity contribution in [1.29, 1.82) is 0 Å². The number of aryl methyl sites for hydroxylation is 1. The second-order valence-electron chi connectivity index (χ2n) is 4.59. The van der Waals surface area contributed by atoms with E-state index in [2.05, 4.69) is 19.9 Å². The van der Waals surface area contributed by atoms with Crippen molar-refractivity contribution < 1.29 is 4.79 Å². The lowest BCUT2D eigenvalue weighted by Crippen LogP contribution is -2.20. The summed E-state index contributed by atoms with van der Waals surface area (Å²) in [5.74, 6) is 0. The molecule has 0 atom stereocenters. The summed E-state index contributed by atoms with van der Waals surface area (Å²) in [5.41, 5.74) is 1.03. The standard InChI is InChI=1S/C14H20OS/c1-5-11-9-7-8-10-12(11)16-13(15)14(3,4)6-2/h7-10H,5-6H2,1-4H3. The highest BCUT2D eigenvalue weighted by atomic mass is 32.2. The third-order valence-corrected chi connectivity index (χ3v) is 4.35. The molecule has 0 unspecified atom stereocenters. The minimum Gasteiger partial charge on any atom is -0.286 e. The number of carbonyl (C=O) groups excluding carboxylic acids is 1. The summed E-state index contributed by atoms with van der Waals surface area (Å²) in [4.78, 5) is 13.2. The van der Waals surface area contributed by atoms with Crippen LogP contribution in [0.2, 0.25) is 0 Å². The molecule has 0 saturated carbocycles. The zero-order valence-corrected chi connectivity index (χ0v) is 11.4. The first kappa shape index (κ1) is 13.3. The normalized spacial score (nSPS) is 11.5. The average Bonchev–Trinajstić information content (AvgIpc) is 2.29. The number of benzene rings is 1. The van der Waals surface area contributed by atoms with Crippen LogP contribution in [0.15, 0.2) is 29.2 Å². The topological polar surface area (TPSA) is 17.1 Å².